The van der Waals surface area contributed by atoms with E-state index in [1.165, 1.54) is 38.2 Å². The number of fused-ring (bicyclic) bond motifs is 3. The molecule has 2 aromatic heterocycles. The van der Waals surface area contributed by atoms with Crippen molar-refractivity contribution in [2.45, 2.75) is 0 Å². The molecule has 8 aromatic rings. The monoisotopic (exact) mass is 524 g/mol. The van der Waals surface area contributed by atoms with Gasteiger partial charge in [-0.2, -0.15) is 4.80 Å². The van der Waals surface area contributed by atoms with Crippen molar-refractivity contribution in [2.24, 2.45) is 0 Å². The highest BCUT2D eigenvalue weighted by molar-refractivity contribution is 6.21. The van der Waals surface area contributed by atoms with Gasteiger partial charge < -0.3 is 0 Å². The van der Waals surface area contributed by atoms with Crippen molar-refractivity contribution in [2.75, 3.05) is 0 Å². The molecule has 0 fully saturated rings. The largest absolute Gasteiger partial charge is 0.256 e. The number of aromatic nitrogens is 4. The van der Waals surface area contributed by atoms with Crippen LogP contribution < -0.4 is 0 Å². The average Bonchev–Trinajstić information content (AvgIpc) is 3.48. The minimum Gasteiger partial charge on any atom is -0.256 e. The molecule has 0 bridgehead atoms. The summed E-state index contributed by atoms with van der Waals surface area (Å²) < 4.78 is 0. The van der Waals surface area contributed by atoms with Gasteiger partial charge in [-0.3, -0.25) is 4.98 Å². The first kappa shape index (κ1) is 23.3. The van der Waals surface area contributed by atoms with Crippen molar-refractivity contribution < 1.29 is 0 Å². The van der Waals surface area contributed by atoms with Crippen molar-refractivity contribution in [3.63, 3.8) is 0 Å². The summed E-state index contributed by atoms with van der Waals surface area (Å²) in [6.45, 7) is 0. The summed E-state index contributed by atoms with van der Waals surface area (Å²) in [4.78, 5) is 6.18. The number of hydrogen-bond donors (Lipinski definition) is 0. The predicted molar refractivity (Wildman–Crippen MR) is 168 cm³/mol. The highest BCUT2D eigenvalue weighted by Crippen LogP contribution is 2.43. The van der Waals surface area contributed by atoms with Crippen LogP contribution in [-0.4, -0.2) is 20.0 Å². The van der Waals surface area contributed by atoms with Gasteiger partial charge in [0.05, 0.1) is 11.4 Å². The third kappa shape index (κ3) is 3.97. The van der Waals surface area contributed by atoms with Crippen molar-refractivity contribution in [3.8, 4) is 39.2 Å². The fourth-order valence-electron chi connectivity index (χ4n) is 5.84. The van der Waals surface area contributed by atoms with Gasteiger partial charge in [0.2, 0.25) is 0 Å². The van der Waals surface area contributed by atoms with Crippen LogP contribution in [0.2, 0.25) is 0 Å². The molecular formula is C37H24N4. The lowest BCUT2D eigenvalue weighted by molar-refractivity contribution is 0.766. The highest BCUT2D eigenvalue weighted by Gasteiger charge is 2.16. The minimum absolute atomic E-state index is 0.839. The van der Waals surface area contributed by atoms with E-state index in [9.17, 15) is 0 Å². The van der Waals surface area contributed by atoms with Crippen LogP contribution in [0.15, 0.2) is 146 Å². The fourth-order valence-corrected chi connectivity index (χ4v) is 5.84. The van der Waals surface area contributed by atoms with Crippen molar-refractivity contribution in [1.82, 2.24) is 20.0 Å². The molecule has 0 radical (unpaired) electrons. The summed E-state index contributed by atoms with van der Waals surface area (Å²) in [5.74, 6) is 0. The Morgan fingerprint density at radius 1 is 0.415 bits per heavy atom. The second-order valence-corrected chi connectivity index (χ2v) is 10.2. The van der Waals surface area contributed by atoms with E-state index in [2.05, 4.69) is 108 Å². The summed E-state index contributed by atoms with van der Waals surface area (Å²) >= 11 is 0. The summed E-state index contributed by atoms with van der Waals surface area (Å²) in [6, 6.07) is 48.7. The van der Waals surface area contributed by atoms with E-state index < -0.39 is 0 Å². The molecule has 2 heterocycles. The quantitative estimate of drug-likeness (QED) is 0.216. The van der Waals surface area contributed by atoms with E-state index in [0.29, 0.717) is 0 Å². The Bertz CT molecular complexity index is 2120. The zero-order chi connectivity index (χ0) is 27.2. The Hall–Kier alpha value is -5.61. The second kappa shape index (κ2) is 9.54. The maximum Gasteiger partial charge on any atom is 0.114 e. The van der Waals surface area contributed by atoms with Crippen LogP contribution in [0.4, 0.5) is 0 Å². The van der Waals surface area contributed by atoms with Gasteiger partial charge in [0.25, 0.3) is 0 Å². The molecular weight excluding hydrogens is 500 g/mol. The molecule has 8 rings (SSSR count). The molecule has 0 atom stereocenters. The first-order chi connectivity index (χ1) is 20.3. The van der Waals surface area contributed by atoms with Crippen LogP contribution in [0.3, 0.4) is 0 Å². The molecule has 0 N–H and O–H groups in total. The molecule has 4 nitrogen and oxygen atoms in total. The van der Waals surface area contributed by atoms with Gasteiger partial charge >= 0.3 is 0 Å². The molecule has 0 amide bonds. The zero-order valence-electron chi connectivity index (χ0n) is 22.1. The second-order valence-electron chi connectivity index (χ2n) is 10.2. The van der Waals surface area contributed by atoms with E-state index in [-0.39, 0.29) is 0 Å². The molecule has 0 unspecified atom stereocenters. The first-order valence-corrected chi connectivity index (χ1v) is 13.7. The lowest BCUT2D eigenvalue weighted by atomic mass is 9.86. The van der Waals surface area contributed by atoms with Crippen LogP contribution >= 0.6 is 0 Å². The maximum absolute atomic E-state index is 4.79. The molecule has 0 aliphatic heterocycles. The molecule has 41 heavy (non-hydrogen) atoms. The lowest BCUT2D eigenvalue weighted by Crippen LogP contribution is -1.98. The average molecular weight is 525 g/mol. The Morgan fingerprint density at radius 3 is 1.56 bits per heavy atom. The molecule has 192 valence electrons. The van der Waals surface area contributed by atoms with Gasteiger partial charge in [-0.05, 0) is 80.2 Å². The molecule has 0 saturated carbocycles. The van der Waals surface area contributed by atoms with E-state index >= 15 is 0 Å². The van der Waals surface area contributed by atoms with Gasteiger partial charge in [-0.1, -0.05) is 103 Å². The van der Waals surface area contributed by atoms with Crippen LogP contribution in [0.1, 0.15) is 0 Å². The Morgan fingerprint density at radius 2 is 0.951 bits per heavy atom. The Kier molecular flexibility index (Phi) is 5.42. The standard InChI is InChI=1S/C37H24N4/c1-2-10-25(11-3-1)36-29-12-4-6-14-31(29)37(32-15-7-5-13-30(32)36)26-17-20-28(21-18-26)41-39-34-22-19-27(24-35(34)40-41)33-16-8-9-23-38-33/h1-24H. The van der Waals surface area contributed by atoms with E-state index in [1.807, 2.05) is 36.4 Å². The Labute approximate surface area is 237 Å². The summed E-state index contributed by atoms with van der Waals surface area (Å²) in [6.07, 6.45) is 1.81. The number of benzene rings is 6. The summed E-state index contributed by atoms with van der Waals surface area (Å²) in [5, 5.41) is 14.5. The molecule has 0 saturated heterocycles. The van der Waals surface area contributed by atoms with Gasteiger partial charge in [-0.15, -0.1) is 10.2 Å². The third-order valence-corrected chi connectivity index (χ3v) is 7.72. The summed E-state index contributed by atoms with van der Waals surface area (Å²) in [7, 11) is 0. The first-order valence-electron chi connectivity index (χ1n) is 13.7. The SMILES string of the molecule is c1ccc(-c2c3ccccc3c(-c3ccc(-n4nc5ccc(-c6ccccn6)cc5n4)cc3)c3ccccc23)cc1. The Balaban J connectivity index is 1.25. The van der Waals surface area contributed by atoms with Gasteiger partial charge in [-0.25, -0.2) is 0 Å². The number of nitrogens with zero attached hydrogens (tertiary/aromatic N) is 4. The maximum atomic E-state index is 4.79. The topological polar surface area (TPSA) is 43.6 Å². The van der Waals surface area contributed by atoms with E-state index in [4.69, 9.17) is 10.2 Å². The van der Waals surface area contributed by atoms with E-state index in [0.717, 1.165) is 33.5 Å². The van der Waals surface area contributed by atoms with Crippen LogP contribution in [0.25, 0.3) is 71.8 Å². The summed E-state index contributed by atoms with van der Waals surface area (Å²) in [5.41, 5.74) is 9.45. The van der Waals surface area contributed by atoms with Crippen molar-refractivity contribution in [3.05, 3.63) is 146 Å². The zero-order valence-corrected chi connectivity index (χ0v) is 22.1. The predicted octanol–water partition coefficient (Wildman–Crippen LogP) is 9.12. The number of pyridine rings is 1. The molecule has 6 aromatic carbocycles. The van der Waals surface area contributed by atoms with Crippen LogP contribution in [0, 0.1) is 0 Å². The molecule has 0 aliphatic carbocycles. The molecule has 0 spiro atoms. The van der Waals surface area contributed by atoms with Crippen molar-refractivity contribution in [1.29, 1.82) is 0 Å². The third-order valence-electron chi connectivity index (χ3n) is 7.72. The van der Waals surface area contributed by atoms with Crippen LogP contribution in [0.5, 0.6) is 0 Å². The number of hydrogen-bond acceptors (Lipinski definition) is 3. The highest BCUT2D eigenvalue weighted by atomic mass is 15.5. The smallest absolute Gasteiger partial charge is 0.114 e. The van der Waals surface area contributed by atoms with Crippen LogP contribution in [-0.2, 0) is 0 Å². The van der Waals surface area contributed by atoms with Gasteiger partial charge in [0.1, 0.15) is 11.0 Å². The molecule has 0 aliphatic rings. The fraction of sp³-hybridized carbons (Fsp3) is 0. The van der Waals surface area contributed by atoms with Crippen molar-refractivity contribution >= 4 is 32.6 Å². The van der Waals surface area contributed by atoms with Gasteiger partial charge in [0, 0.05) is 11.8 Å². The van der Waals surface area contributed by atoms with E-state index in [1.54, 1.807) is 11.0 Å². The minimum atomic E-state index is 0.839. The lowest BCUT2D eigenvalue weighted by Gasteiger charge is -2.17. The molecule has 4 heteroatoms. The number of rotatable bonds is 4. The van der Waals surface area contributed by atoms with Gasteiger partial charge in [0.15, 0.2) is 0 Å². The normalized spacial score (nSPS) is 11.4.